The topological polar surface area (TPSA) is 76.7 Å². The summed E-state index contributed by atoms with van der Waals surface area (Å²) in [6, 6.07) is 4.07. The van der Waals surface area contributed by atoms with Gasteiger partial charge in [0.05, 0.1) is 11.6 Å². The quantitative estimate of drug-likeness (QED) is 0.751. The molecule has 0 aliphatic heterocycles. The summed E-state index contributed by atoms with van der Waals surface area (Å²) in [5.41, 5.74) is 0.854. The molecule has 0 spiro atoms. The molecule has 0 fully saturated rings. The Kier molecular flexibility index (Phi) is 4.43. The lowest BCUT2D eigenvalue weighted by Crippen LogP contribution is -1.97. The first-order valence-corrected chi connectivity index (χ1v) is 7.93. The summed E-state index contributed by atoms with van der Waals surface area (Å²) >= 11 is 1.71. The minimum Gasteiger partial charge on any atom is -0.403 e. The molecule has 0 saturated heterocycles. The summed E-state index contributed by atoms with van der Waals surface area (Å²) < 4.78 is 5.59. The molecule has 3 heterocycles. The van der Waals surface area contributed by atoms with Crippen molar-refractivity contribution in [1.82, 2.24) is 20.2 Å². The van der Waals surface area contributed by atoms with E-state index in [-0.39, 0.29) is 0 Å². The molecule has 114 valence electrons. The molecule has 0 amide bonds. The second-order valence-electron chi connectivity index (χ2n) is 5.32. The largest absolute Gasteiger partial charge is 0.403 e. The maximum Gasteiger partial charge on any atom is 0.316 e. The minimum absolute atomic E-state index is 0.408. The molecule has 0 aromatic carbocycles. The van der Waals surface area contributed by atoms with Crippen molar-refractivity contribution in [3.8, 4) is 11.5 Å². The van der Waals surface area contributed by atoms with Gasteiger partial charge in [0.2, 0.25) is 5.89 Å². The van der Waals surface area contributed by atoms with Gasteiger partial charge in [-0.3, -0.25) is 4.98 Å². The Hall–Kier alpha value is -2.28. The van der Waals surface area contributed by atoms with Gasteiger partial charge in [0, 0.05) is 35.5 Å². The normalized spacial score (nSPS) is 11.0. The van der Waals surface area contributed by atoms with Gasteiger partial charge in [0.25, 0.3) is 0 Å². The molecule has 3 aromatic rings. The van der Waals surface area contributed by atoms with Crippen LogP contribution in [-0.2, 0) is 13.0 Å². The average molecular weight is 315 g/mol. The molecule has 0 saturated carbocycles. The SMILES string of the molecule is CC(C)Cc1ncc(CNc2nnc(-c3ccncc3)o2)s1. The first-order valence-electron chi connectivity index (χ1n) is 7.12. The number of thiazole rings is 1. The molecule has 22 heavy (non-hydrogen) atoms. The zero-order valence-electron chi connectivity index (χ0n) is 12.5. The Balaban J connectivity index is 1.60. The Labute approximate surface area is 132 Å². The summed E-state index contributed by atoms with van der Waals surface area (Å²) in [5, 5.41) is 12.3. The summed E-state index contributed by atoms with van der Waals surface area (Å²) in [5.74, 6) is 1.10. The molecule has 0 unspecified atom stereocenters. The summed E-state index contributed by atoms with van der Waals surface area (Å²) in [6.07, 6.45) is 6.30. The molecule has 7 heteroatoms. The third-order valence-corrected chi connectivity index (χ3v) is 3.97. The highest BCUT2D eigenvalue weighted by atomic mass is 32.1. The average Bonchev–Trinajstić information content (AvgIpc) is 3.15. The van der Waals surface area contributed by atoms with Gasteiger partial charge < -0.3 is 9.73 Å². The predicted molar refractivity (Wildman–Crippen MR) is 85.5 cm³/mol. The first kappa shape index (κ1) is 14.6. The Bertz CT molecular complexity index is 722. The first-order chi connectivity index (χ1) is 10.7. The number of nitrogens with zero attached hydrogens (tertiary/aromatic N) is 4. The monoisotopic (exact) mass is 315 g/mol. The highest BCUT2D eigenvalue weighted by Crippen LogP contribution is 2.20. The van der Waals surface area contributed by atoms with Gasteiger partial charge in [-0.15, -0.1) is 16.4 Å². The molecule has 0 aliphatic carbocycles. The van der Waals surface area contributed by atoms with Crippen LogP contribution in [-0.4, -0.2) is 20.2 Å². The molecular weight excluding hydrogens is 298 g/mol. The van der Waals surface area contributed by atoms with Gasteiger partial charge >= 0.3 is 6.01 Å². The number of pyridine rings is 1. The van der Waals surface area contributed by atoms with E-state index in [0.717, 1.165) is 21.9 Å². The van der Waals surface area contributed by atoms with E-state index in [2.05, 4.69) is 39.3 Å². The van der Waals surface area contributed by atoms with Gasteiger partial charge in [0.1, 0.15) is 0 Å². The minimum atomic E-state index is 0.408. The molecule has 0 bridgehead atoms. The van der Waals surface area contributed by atoms with Crippen LogP contribution in [0.1, 0.15) is 23.7 Å². The lowest BCUT2D eigenvalue weighted by molar-refractivity contribution is 0.581. The van der Waals surface area contributed by atoms with E-state index in [1.165, 1.54) is 0 Å². The van der Waals surface area contributed by atoms with Crippen LogP contribution in [0.5, 0.6) is 0 Å². The van der Waals surface area contributed by atoms with Gasteiger partial charge in [-0.2, -0.15) is 0 Å². The van der Waals surface area contributed by atoms with E-state index < -0.39 is 0 Å². The fourth-order valence-corrected chi connectivity index (χ4v) is 3.02. The third-order valence-electron chi connectivity index (χ3n) is 2.95. The van der Waals surface area contributed by atoms with Crippen LogP contribution in [0.25, 0.3) is 11.5 Å². The van der Waals surface area contributed by atoms with Crippen molar-refractivity contribution in [2.45, 2.75) is 26.8 Å². The zero-order chi connectivity index (χ0) is 15.4. The number of nitrogens with one attached hydrogen (secondary N) is 1. The van der Waals surface area contributed by atoms with Crippen LogP contribution in [0, 0.1) is 5.92 Å². The van der Waals surface area contributed by atoms with Crippen molar-refractivity contribution in [1.29, 1.82) is 0 Å². The van der Waals surface area contributed by atoms with Crippen LogP contribution in [0.15, 0.2) is 35.1 Å². The summed E-state index contributed by atoms with van der Waals surface area (Å²) in [6.45, 7) is 5.02. The van der Waals surface area contributed by atoms with Crippen molar-refractivity contribution in [2.75, 3.05) is 5.32 Å². The molecule has 6 nitrogen and oxygen atoms in total. The molecule has 0 aliphatic rings. The van der Waals surface area contributed by atoms with E-state index in [1.54, 1.807) is 23.7 Å². The number of hydrogen-bond donors (Lipinski definition) is 1. The number of anilines is 1. The van der Waals surface area contributed by atoms with Crippen molar-refractivity contribution in [2.24, 2.45) is 5.92 Å². The van der Waals surface area contributed by atoms with Crippen LogP contribution in [0.4, 0.5) is 6.01 Å². The fourth-order valence-electron chi connectivity index (χ4n) is 1.94. The van der Waals surface area contributed by atoms with Crippen LogP contribution in [0.3, 0.4) is 0 Å². The second kappa shape index (κ2) is 6.65. The van der Waals surface area contributed by atoms with Gasteiger partial charge in [-0.05, 0) is 18.1 Å². The Morgan fingerprint density at radius 3 is 2.82 bits per heavy atom. The van der Waals surface area contributed by atoms with Crippen molar-refractivity contribution >= 4 is 17.4 Å². The smallest absolute Gasteiger partial charge is 0.316 e. The number of rotatable bonds is 6. The highest BCUT2D eigenvalue weighted by molar-refractivity contribution is 7.11. The highest BCUT2D eigenvalue weighted by Gasteiger charge is 2.09. The zero-order valence-corrected chi connectivity index (χ0v) is 13.3. The molecule has 3 rings (SSSR count). The second-order valence-corrected chi connectivity index (χ2v) is 6.52. The molecule has 3 aromatic heterocycles. The number of hydrogen-bond acceptors (Lipinski definition) is 7. The van der Waals surface area contributed by atoms with E-state index in [4.69, 9.17) is 4.42 Å². The van der Waals surface area contributed by atoms with Crippen molar-refractivity contribution < 1.29 is 4.42 Å². The van der Waals surface area contributed by atoms with Crippen LogP contribution < -0.4 is 5.32 Å². The third kappa shape index (κ3) is 3.67. The predicted octanol–water partition coefficient (Wildman–Crippen LogP) is 3.40. The van der Waals surface area contributed by atoms with Crippen LogP contribution in [0.2, 0.25) is 0 Å². The Morgan fingerprint density at radius 1 is 1.23 bits per heavy atom. The maximum atomic E-state index is 5.59. The van der Waals surface area contributed by atoms with E-state index >= 15 is 0 Å². The summed E-state index contributed by atoms with van der Waals surface area (Å²) in [7, 11) is 0. The van der Waals surface area contributed by atoms with Gasteiger partial charge in [-0.25, -0.2) is 4.98 Å². The van der Waals surface area contributed by atoms with E-state index in [0.29, 0.717) is 24.4 Å². The molecule has 1 N–H and O–H groups in total. The van der Waals surface area contributed by atoms with Crippen LogP contribution >= 0.6 is 11.3 Å². The van der Waals surface area contributed by atoms with E-state index in [9.17, 15) is 0 Å². The van der Waals surface area contributed by atoms with E-state index in [1.807, 2.05) is 18.3 Å². The number of aromatic nitrogens is 4. The molecule has 0 radical (unpaired) electrons. The van der Waals surface area contributed by atoms with Gasteiger partial charge in [-0.1, -0.05) is 18.9 Å². The standard InChI is InChI=1S/C15H17N5OS/c1-10(2)7-13-17-8-12(22-13)9-18-15-20-19-14(21-15)11-3-5-16-6-4-11/h3-6,8,10H,7,9H2,1-2H3,(H,18,20). The van der Waals surface area contributed by atoms with Gasteiger partial charge in [0.15, 0.2) is 0 Å². The fraction of sp³-hybridized carbons (Fsp3) is 0.333. The van der Waals surface area contributed by atoms with Crippen molar-refractivity contribution in [3.63, 3.8) is 0 Å². The Morgan fingerprint density at radius 2 is 2.05 bits per heavy atom. The molecule has 0 atom stereocenters. The lowest BCUT2D eigenvalue weighted by Gasteiger charge is -1.99. The molecular formula is C15H17N5OS. The maximum absolute atomic E-state index is 5.59. The summed E-state index contributed by atoms with van der Waals surface area (Å²) in [4.78, 5) is 9.54. The lowest BCUT2D eigenvalue weighted by atomic mass is 10.1. The van der Waals surface area contributed by atoms with Crippen molar-refractivity contribution in [3.05, 3.63) is 40.6 Å².